The van der Waals surface area contributed by atoms with Gasteiger partial charge in [-0.25, -0.2) is 0 Å². The highest BCUT2D eigenvalue weighted by molar-refractivity contribution is 9.10. The van der Waals surface area contributed by atoms with Crippen LogP contribution in [0.2, 0.25) is 0 Å². The largest absolute Gasteiger partial charge is 0.399 e. The van der Waals surface area contributed by atoms with Crippen molar-refractivity contribution in [2.75, 3.05) is 12.3 Å². The van der Waals surface area contributed by atoms with Gasteiger partial charge < -0.3 is 11.1 Å². The molecule has 0 saturated heterocycles. The predicted molar refractivity (Wildman–Crippen MR) is 85.8 cm³/mol. The highest BCUT2D eigenvalue weighted by Gasteiger charge is 2.09. The van der Waals surface area contributed by atoms with Crippen LogP contribution in [0.25, 0.3) is 0 Å². The van der Waals surface area contributed by atoms with E-state index in [0.29, 0.717) is 17.8 Å². The Morgan fingerprint density at radius 1 is 1.25 bits per heavy atom. The van der Waals surface area contributed by atoms with E-state index in [1.165, 1.54) is 11.1 Å². The minimum absolute atomic E-state index is 0.114. The zero-order valence-corrected chi connectivity index (χ0v) is 12.9. The predicted octanol–water partition coefficient (Wildman–Crippen LogP) is 3.31. The first-order chi connectivity index (χ1) is 9.56. The molecule has 0 radical (unpaired) electrons. The summed E-state index contributed by atoms with van der Waals surface area (Å²) in [6.45, 7) is 2.66. The van der Waals surface area contributed by atoms with Crippen LogP contribution in [-0.4, -0.2) is 12.5 Å². The molecule has 0 unspecified atom stereocenters. The molecule has 3 N–H and O–H groups in total. The number of nitrogens with one attached hydrogen (secondary N) is 1. The Hall–Kier alpha value is -1.81. The van der Waals surface area contributed by atoms with Crippen LogP contribution in [0, 0.1) is 6.92 Å². The molecule has 0 aliphatic heterocycles. The van der Waals surface area contributed by atoms with Crippen LogP contribution in [-0.2, 0) is 6.42 Å². The molecular formula is C16H17BrN2O. The van der Waals surface area contributed by atoms with Crippen LogP contribution in [0.1, 0.15) is 21.5 Å². The van der Waals surface area contributed by atoms with E-state index in [9.17, 15) is 4.79 Å². The van der Waals surface area contributed by atoms with E-state index in [1.807, 2.05) is 6.07 Å². The molecule has 2 aromatic carbocycles. The molecule has 0 aromatic heterocycles. The van der Waals surface area contributed by atoms with Gasteiger partial charge in [0, 0.05) is 16.7 Å². The van der Waals surface area contributed by atoms with Crippen molar-refractivity contribution in [2.24, 2.45) is 0 Å². The molecule has 0 fully saturated rings. The van der Waals surface area contributed by atoms with E-state index in [2.05, 4.69) is 46.4 Å². The van der Waals surface area contributed by atoms with Crippen molar-refractivity contribution in [3.05, 3.63) is 63.6 Å². The number of amides is 1. The Balaban J connectivity index is 1.94. The van der Waals surface area contributed by atoms with Crippen molar-refractivity contribution in [3.63, 3.8) is 0 Å². The van der Waals surface area contributed by atoms with Gasteiger partial charge in [-0.15, -0.1) is 0 Å². The molecule has 104 valence electrons. The Kier molecular flexibility index (Phi) is 4.79. The molecule has 4 heteroatoms. The molecule has 0 aliphatic carbocycles. The summed E-state index contributed by atoms with van der Waals surface area (Å²) >= 11 is 3.36. The van der Waals surface area contributed by atoms with Crippen LogP contribution >= 0.6 is 15.9 Å². The molecular weight excluding hydrogens is 316 g/mol. The summed E-state index contributed by atoms with van der Waals surface area (Å²) in [5.74, 6) is -0.114. The van der Waals surface area contributed by atoms with Gasteiger partial charge in [0.1, 0.15) is 0 Å². The molecule has 0 spiro atoms. The lowest BCUT2D eigenvalue weighted by Crippen LogP contribution is -2.26. The number of halogens is 1. The van der Waals surface area contributed by atoms with Crippen LogP contribution in [0.5, 0.6) is 0 Å². The van der Waals surface area contributed by atoms with Crippen molar-refractivity contribution in [1.29, 1.82) is 0 Å². The lowest BCUT2D eigenvalue weighted by molar-refractivity contribution is 0.0953. The first-order valence-corrected chi connectivity index (χ1v) is 7.24. The lowest BCUT2D eigenvalue weighted by atomic mass is 10.1. The number of anilines is 1. The van der Waals surface area contributed by atoms with E-state index in [1.54, 1.807) is 18.2 Å². The fourth-order valence-electron chi connectivity index (χ4n) is 2.00. The number of nitrogens with two attached hydrogens (primary N) is 1. The van der Waals surface area contributed by atoms with E-state index in [0.717, 1.165) is 10.9 Å². The third-order valence-electron chi connectivity index (χ3n) is 3.02. The van der Waals surface area contributed by atoms with Crippen molar-refractivity contribution < 1.29 is 4.79 Å². The second kappa shape index (κ2) is 6.57. The van der Waals surface area contributed by atoms with E-state index in [4.69, 9.17) is 5.73 Å². The summed E-state index contributed by atoms with van der Waals surface area (Å²) in [7, 11) is 0. The maximum atomic E-state index is 12.1. The number of carbonyl (C=O) groups excluding carboxylic acids is 1. The highest BCUT2D eigenvalue weighted by atomic mass is 79.9. The van der Waals surface area contributed by atoms with Crippen LogP contribution in [0.3, 0.4) is 0 Å². The van der Waals surface area contributed by atoms with Gasteiger partial charge in [0.15, 0.2) is 0 Å². The van der Waals surface area contributed by atoms with Gasteiger partial charge >= 0.3 is 0 Å². The Labute approximate surface area is 127 Å². The molecule has 0 heterocycles. The van der Waals surface area contributed by atoms with Gasteiger partial charge in [-0.2, -0.15) is 0 Å². The molecule has 0 bridgehead atoms. The second-order valence-electron chi connectivity index (χ2n) is 4.73. The molecule has 3 nitrogen and oxygen atoms in total. The molecule has 0 saturated carbocycles. The topological polar surface area (TPSA) is 55.1 Å². The number of hydrogen-bond donors (Lipinski definition) is 2. The summed E-state index contributed by atoms with van der Waals surface area (Å²) in [6, 6.07) is 13.5. The maximum Gasteiger partial charge on any atom is 0.252 e. The Bertz CT molecular complexity index is 626. The van der Waals surface area contributed by atoms with Crippen molar-refractivity contribution in [3.8, 4) is 0 Å². The minimum atomic E-state index is -0.114. The quantitative estimate of drug-likeness (QED) is 0.844. The smallest absolute Gasteiger partial charge is 0.252 e. The highest BCUT2D eigenvalue weighted by Crippen LogP contribution is 2.19. The van der Waals surface area contributed by atoms with Gasteiger partial charge in [-0.1, -0.05) is 29.8 Å². The first kappa shape index (κ1) is 14.6. The van der Waals surface area contributed by atoms with Crippen LogP contribution in [0.15, 0.2) is 46.9 Å². The number of aryl methyl sites for hydroxylation is 1. The van der Waals surface area contributed by atoms with Gasteiger partial charge in [-0.3, -0.25) is 4.79 Å². The number of carbonyl (C=O) groups is 1. The fraction of sp³-hybridized carbons (Fsp3) is 0.188. The normalized spacial score (nSPS) is 10.3. The molecule has 1 amide bonds. The van der Waals surface area contributed by atoms with Gasteiger partial charge in [0.2, 0.25) is 0 Å². The zero-order chi connectivity index (χ0) is 14.5. The number of nitrogen functional groups attached to an aromatic ring is 1. The van der Waals surface area contributed by atoms with E-state index in [-0.39, 0.29) is 5.91 Å². The van der Waals surface area contributed by atoms with Gasteiger partial charge in [0.05, 0.1) is 5.56 Å². The zero-order valence-electron chi connectivity index (χ0n) is 11.3. The third-order valence-corrected chi connectivity index (χ3v) is 3.71. The molecule has 0 aliphatic rings. The summed E-state index contributed by atoms with van der Waals surface area (Å²) in [4.78, 5) is 12.1. The SMILES string of the molecule is Cc1cccc(CCNC(=O)c2cc(N)ccc2Br)c1. The first-order valence-electron chi connectivity index (χ1n) is 6.45. The average molecular weight is 333 g/mol. The second-order valence-corrected chi connectivity index (χ2v) is 5.59. The monoisotopic (exact) mass is 332 g/mol. The average Bonchev–Trinajstić information content (AvgIpc) is 2.41. The Morgan fingerprint density at radius 3 is 2.80 bits per heavy atom. The van der Waals surface area contributed by atoms with Crippen LogP contribution < -0.4 is 11.1 Å². The van der Waals surface area contributed by atoms with Crippen LogP contribution in [0.4, 0.5) is 5.69 Å². The van der Waals surface area contributed by atoms with E-state index >= 15 is 0 Å². The standard InChI is InChI=1S/C16H17BrN2O/c1-11-3-2-4-12(9-11)7-8-19-16(20)14-10-13(18)5-6-15(14)17/h2-6,9-10H,7-8,18H2,1H3,(H,19,20). The summed E-state index contributed by atoms with van der Waals surface area (Å²) in [5.41, 5.74) is 9.29. The van der Waals surface area contributed by atoms with E-state index < -0.39 is 0 Å². The summed E-state index contributed by atoms with van der Waals surface area (Å²) in [6.07, 6.45) is 0.813. The molecule has 2 rings (SSSR count). The molecule has 20 heavy (non-hydrogen) atoms. The van der Waals surface area contributed by atoms with Gasteiger partial charge in [0.25, 0.3) is 5.91 Å². The molecule has 2 aromatic rings. The fourth-order valence-corrected chi connectivity index (χ4v) is 2.43. The summed E-state index contributed by atoms with van der Waals surface area (Å²) < 4.78 is 0.750. The number of rotatable bonds is 4. The Morgan fingerprint density at radius 2 is 2.05 bits per heavy atom. The van der Waals surface area contributed by atoms with Crippen molar-refractivity contribution in [2.45, 2.75) is 13.3 Å². The minimum Gasteiger partial charge on any atom is -0.399 e. The van der Waals surface area contributed by atoms with Gasteiger partial charge in [-0.05, 0) is 53.0 Å². The van der Waals surface area contributed by atoms with Crippen molar-refractivity contribution in [1.82, 2.24) is 5.32 Å². The molecule has 0 atom stereocenters. The summed E-state index contributed by atoms with van der Waals surface area (Å²) in [5, 5.41) is 2.91. The lowest BCUT2D eigenvalue weighted by Gasteiger charge is -2.08. The maximum absolute atomic E-state index is 12.1. The third kappa shape index (κ3) is 3.84. The number of benzene rings is 2. The number of hydrogen-bond acceptors (Lipinski definition) is 2. The van der Waals surface area contributed by atoms with Crippen molar-refractivity contribution >= 4 is 27.5 Å².